The summed E-state index contributed by atoms with van der Waals surface area (Å²) < 4.78 is 15.1. The average Bonchev–Trinajstić information content (AvgIpc) is 2.58. The van der Waals surface area contributed by atoms with Gasteiger partial charge < -0.3 is 9.67 Å². The summed E-state index contributed by atoms with van der Waals surface area (Å²) in [7, 11) is 0. The van der Waals surface area contributed by atoms with E-state index in [0.717, 1.165) is 22.5 Å². The molecule has 0 aliphatic rings. The van der Waals surface area contributed by atoms with E-state index in [1.807, 2.05) is 45.4 Å². The van der Waals surface area contributed by atoms with Crippen LogP contribution in [0.25, 0.3) is 10.9 Å². The van der Waals surface area contributed by atoms with Crippen LogP contribution in [0.1, 0.15) is 39.3 Å². The van der Waals surface area contributed by atoms with E-state index in [1.54, 1.807) is 0 Å². The summed E-state index contributed by atoms with van der Waals surface area (Å²) in [6.07, 6.45) is 1.94. The molecule has 0 aliphatic heterocycles. The fourth-order valence-electron chi connectivity index (χ4n) is 1.96. The molecule has 1 aromatic carbocycles. The van der Waals surface area contributed by atoms with E-state index in [0.29, 0.717) is 0 Å². The van der Waals surface area contributed by atoms with Crippen molar-refractivity contribution in [1.82, 2.24) is 4.57 Å². The zero-order valence-corrected chi connectivity index (χ0v) is 11.1. The van der Waals surface area contributed by atoms with Crippen molar-refractivity contribution in [2.24, 2.45) is 0 Å². The Labute approximate surface area is 102 Å². The zero-order chi connectivity index (χ0) is 13.2. The average molecular weight is 237 g/mol. The SMILES string of the molecule is CC.Cc1cn(C(C)C)c2cc(F)cc(O)c12. The monoisotopic (exact) mass is 237 g/mol. The maximum absolute atomic E-state index is 13.2. The molecule has 0 atom stereocenters. The fraction of sp³-hybridized carbons (Fsp3) is 0.429. The molecule has 1 N–H and O–H groups in total. The van der Waals surface area contributed by atoms with E-state index < -0.39 is 5.82 Å². The van der Waals surface area contributed by atoms with Gasteiger partial charge in [-0.2, -0.15) is 0 Å². The third-order valence-electron chi connectivity index (χ3n) is 2.62. The van der Waals surface area contributed by atoms with Crippen LogP contribution in [0.3, 0.4) is 0 Å². The van der Waals surface area contributed by atoms with Crippen molar-refractivity contribution < 1.29 is 9.50 Å². The third kappa shape index (κ3) is 2.43. The normalized spacial score (nSPS) is 10.5. The molecule has 0 bridgehead atoms. The Balaban J connectivity index is 0.000000686. The van der Waals surface area contributed by atoms with Gasteiger partial charge in [0.25, 0.3) is 0 Å². The Morgan fingerprint density at radius 3 is 2.35 bits per heavy atom. The van der Waals surface area contributed by atoms with Gasteiger partial charge in [0.15, 0.2) is 0 Å². The van der Waals surface area contributed by atoms with Gasteiger partial charge in [-0.1, -0.05) is 13.8 Å². The standard InChI is InChI=1S/C12H14FNO.C2H6/c1-7(2)14-6-8(3)12-10(14)4-9(13)5-11(12)15;1-2/h4-7,15H,1-3H3;1-2H3. The van der Waals surface area contributed by atoms with Crippen molar-refractivity contribution in [2.45, 2.75) is 40.7 Å². The molecular formula is C14H20FNO. The first-order valence-corrected chi connectivity index (χ1v) is 6.00. The van der Waals surface area contributed by atoms with Gasteiger partial charge in [-0.05, 0) is 32.4 Å². The van der Waals surface area contributed by atoms with Crippen LogP contribution in [0.4, 0.5) is 4.39 Å². The van der Waals surface area contributed by atoms with Crippen LogP contribution in [0.5, 0.6) is 5.75 Å². The molecule has 94 valence electrons. The summed E-state index contributed by atoms with van der Waals surface area (Å²) in [5.74, 6) is -0.387. The van der Waals surface area contributed by atoms with Crippen LogP contribution < -0.4 is 0 Å². The van der Waals surface area contributed by atoms with E-state index in [2.05, 4.69) is 0 Å². The number of aryl methyl sites for hydroxylation is 1. The second kappa shape index (κ2) is 5.21. The number of aromatic hydroxyl groups is 1. The van der Waals surface area contributed by atoms with Crippen molar-refractivity contribution in [1.29, 1.82) is 0 Å². The summed E-state index contributed by atoms with van der Waals surface area (Å²) in [6, 6.07) is 2.87. The molecular weight excluding hydrogens is 217 g/mol. The van der Waals surface area contributed by atoms with Crippen LogP contribution in [0.2, 0.25) is 0 Å². The number of hydrogen-bond acceptors (Lipinski definition) is 1. The number of phenols is 1. The Bertz CT molecular complexity index is 514. The lowest BCUT2D eigenvalue weighted by atomic mass is 10.1. The Morgan fingerprint density at radius 1 is 1.24 bits per heavy atom. The van der Waals surface area contributed by atoms with Gasteiger partial charge in [0.05, 0.1) is 5.52 Å². The van der Waals surface area contributed by atoms with Gasteiger partial charge in [0.2, 0.25) is 0 Å². The number of benzene rings is 1. The molecule has 2 nitrogen and oxygen atoms in total. The van der Waals surface area contributed by atoms with Crippen molar-refractivity contribution in [2.75, 3.05) is 0 Å². The van der Waals surface area contributed by atoms with E-state index >= 15 is 0 Å². The number of fused-ring (bicyclic) bond motifs is 1. The highest BCUT2D eigenvalue weighted by atomic mass is 19.1. The molecule has 1 aromatic heterocycles. The van der Waals surface area contributed by atoms with E-state index in [9.17, 15) is 9.50 Å². The molecule has 1 heterocycles. The number of nitrogens with zero attached hydrogens (tertiary/aromatic N) is 1. The third-order valence-corrected chi connectivity index (χ3v) is 2.62. The van der Waals surface area contributed by atoms with Gasteiger partial charge in [-0.3, -0.25) is 0 Å². The summed E-state index contributed by atoms with van der Waals surface area (Å²) in [5.41, 5.74) is 1.72. The summed E-state index contributed by atoms with van der Waals surface area (Å²) >= 11 is 0. The smallest absolute Gasteiger partial charge is 0.129 e. The molecule has 0 radical (unpaired) electrons. The second-order valence-corrected chi connectivity index (χ2v) is 4.13. The van der Waals surface area contributed by atoms with Crippen molar-refractivity contribution in [3.63, 3.8) is 0 Å². The summed E-state index contributed by atoms with van der Waals surface area (Å²) in [5, 5.41) is 10.4. The minimum atomic E-state index is -0.403. The predicted molar refractivity (Wildman–Crippen MR) is 70.0 cm³/mol. The Kier molecular flexibility index (Phi) is 4.16. The lowest BCUT2D eigenvalue weighted by molar-refractivity contribution is 0.475. The van der Waals surface area contributed by atoms with Crippen LogP contribution >= 0.6 is 0 Å². The first-order valence-electron chi connectivity index (χ1n) is 6.00. The Hall–Kier alpha value is -1.51. The van der Waals surface area contributed by atoms with Crippen LogP contribution in [0.15, 0.2) is 18.3 Å². The van der Waals surface area contributed by atoms with E-state index in [-0.39, 0.29) is 11.8 Å². The zero-order valence-electron chi connectivity index (χ0n) is 11.1. The fourth-order valence-corrected chi connectivity index (χ4v) is 1.96. The molecule has 3 heteroatoms. The van der Waals surface area contributed by atoms with Crippen molar-refractivity contribution >= 4 is 10.9 Å². The highest BCUT2D eigenvalue weighted by molar-refractivity contribution is 5.89. The number of rotatable bonds is 1. The first-order chi connectivity index (χ1) is 8.00. The molecule has 0 amide bonds. The van der Waals surface area contributed by atoms with Crippen molar-refractivity contribution in [3.05, 3.63) is 29.7 Å². The highest BCUT2D eigenvalue weighted by Gasteiger charge is 2.12. The second-order valence-electron chi connectivity index (χ2n) is 4.13. The van der Waals surface area contributed by atoms with Gasteiger partial charge in [0, 0.05) is 23.7 Å². The number of aromatic nitrogens is 1. The molecule has 0 spiro atoms. The highest BCUT2D eigenvalue weighted by Crippen LogP contribution is 2.32. The minimum absolute atomic E-state index is 0.0156. The molecule has 0 fully saturated rings. The number of hydrogen-bond donors (Lipinski definition) is 1. The molecule has 0 saturated heterocycles. The van der Waals surface area contributed by atoms with Gasteiger partial charge >= 0.3 is 0 Å². The number of phenolic OH excluding ortho intramolecular Hbond substituents is 1. The van der Waals surface area contributed by atoms with Gasteiger partial charge in [-0.25, -0.2) is 4.39 Å². The van der Waals surface area contributed by atoms with Crippen LogP contribution in [0, 0.1) is 12.7 Å². The topological polar surface area (TPSA) is 25.2 Å². The van der Waals surface area contributed by atoms with Crippen LogP contribution in [-0.2, 0) is 0 Å². The summed E-state index contributed by atoms with van der Waals surface area (Å²) in [4.78, 5) is 0. The molecule has 0 aliphatic carbocycles. The van der Waals surface area contributed by atoms with Gasteiger partial charge in [0.1, 0.15) is 11.6 Å². The largest absolute Gasteiger partial charge is 0.507 e. The first kappa shape index (κ1) is 13.6. The Morgan fingerprint density at radius 2 is 1.82 bits per heavy atom. The maximum atomic E-state index is 13.2. The molecule has 0 saturated carbocycles. The minimum Gasteiger partial charge on any atom is -0.507 e. The van der Waals surface area contributed by atoms with Crippen LogP contribution in [-0.4, -0.2) is 9.67 Å². The lowest BCUT2D eigenvalue weighted by Gasteiger charge is -2.09. The van der Waals surface area contributed by atoms with Crippen molar-refractivity contribution in [3.8, 4) is 5.75 Å². The summed E-state index contributed by atoms with van der Waals surface area (Å²) in [6.45, 7) is 9.97. The molecule has 0 unspecified atom stereocenters. The maximum Gasteiger partial charge on any atom is 0.129 e. The predicted octanol–water partition coefficient (Wildman–Crippen LogP) is 4.40. The molecule has 17 heavy (non-hydrogen) atoms. The van der Waals surface area contributed by atoms with Gasteiger partial charge in [-0.15, -0.1) is 0 Å². The quantitative estimate of drug-likeness (QED) is 0.781. The van der Waals surface area contributed by atoms with E-state index in [4.69, 9.17) is 0 Å². The number of halogens is 1. The lowest BCUT2D eigenvalue weighted by Crippen LogP contribution is -1.98. The van der Waals surface area contributed by atoms with E-state index in [1.165, 1.54) is 6.07 Å². The molecule has 2 aromatic rings. The molecule has 2 rings (SSSR count).